The molecule has 1 aliphatic heterocycles. The molecule has 2 aromatic rings. The number of anilines is 1. The second kappa shape index (κ2) is 5.92. The van der Waals surface area contributed by atoms with Crippen molar-refractivity contribution in [2.24, 2.45) is 0 Å². The third-order valence-electron chi connectivity index (χ3n) is 4.16. The molecule has 1 aliphatic rings. The van der Waals surface area contributed by atoms with Crippen LogP contribution in [0.15, 0.2) is 12.1 Å². The summed E-state index contributed by atoms with van der Waals surface area (Å²) >= 11 is 6.06. The predicted molar refractivity (Wildman–Crippen MR) is 86.3 cm³/mol. The molecule has 7 nitrogen and oxygen atoms in total. The van der Waals surface area contributed by atoms with Gasteiger partial charge in [0.05, 0.1) is 22.8 Å². The van der Waals surface area contributed by atoms with Crippen molar-refractivity contribution in [2.45, 2.75) is 44.3 Å². The van der Waals surface area contributed by atoms with Gasteiger partial charge in [-0.25, -0.2) is 4.98 Å². The highest BCUT2D eigenvalue weighted by Gasteiger charge is 2.44. The van der Waals surface area contributed by atoms with E-state index >= 15 is 0 Å². The Morgan fingerprint density at radius 1 is 1.35 bits per heavy atom. The number of fused-ring (bicyclic) bond motifs is 1. The zero-order chi connectivity index (χ0) is 16.9. The summed E-state index contributed by atoms with van der Waals surface area (Å²) in [7, 11) is 0. The second-order valence-electron chi connectivity index (χ2n) is 6.05. The van der Waals surface area contributed by atoms with Gasteiger partial charge in [-0.1, -0.05) is 25.4 Å². The lowest BCUT2D eigenvalue weighted by Gasteiger charge is -2.21. The van der Waals surface area contributed by atoms with Gasteiger partial charge in [-0.2, -0.15) is 0 Å². The maximum atomic E-state index is 10.3. The van der Waals surface area contributed by atoms with E-state index in [4.69, 9.17) is 22.1 Å². The average molecular weight is 342 g/mol. The zero-order valence-corrected chi connectivity index (χ0v) is 13.6. The van der Waals surface area contributed by atoms with E-state index in [1.165, 1.54) is 0 Å². The van der Waals surface area contributed by atoms with Crippen LogP contribution in [0.2, 0.25) is 5.02 Å². The fraction of sp³-hybridized carbons (Fsp3) is 0.533. The van der Waals surface area contributed by atoms with Crippen LogP contribution in [0.25, 0.3) is 11.0 Å². The largest absolute Gasteiger partial charge is 0.396 e. The van der Waals surface area contributed by atoms with Crippen molar-refractivity contribution in [2.75, 3.05) is 12.3 Å². The van der Waals surface area contributed by atoms with Crippen LogP contribution in [-0.4, -0.2) is 49.8 Å². The number of halogens is 1. The summed E-state index contributed by atoms with van der Waals surface area (Å²) in [5, 5.41) is 30.0. The number of aliphatic hydroxyl groups excluding tert-OH is 3. The molecule has 1 aromatic heterocycles. The fourth-order valence-corrected chi connectivity index (χ4v) is 3.10. The van der Waals surface area contributed by atoms with Gasteiger partial charge in [0.25, 0.3) is 0 Å². The molecule has 8 heteroatoms. The average Bonchev–Trinajstić information content (AvgIpc) is 3.03. The van der Waals surface area contributed by atoms with Gasteiger partial charge in [0, 0.05) is 5.92 Å². The lowest BCUT2D eigenvalue weighted by atomic mass is 10.1. The van der Waals surface area contributed by atoms with Crippen LogP contribution in [0, 0.1) is 0 Å². The second-order valence-corrected chi connectivity index (χ2v) is 6.46. The maximum Gasteiger partial charge on any atom is 0.164 e. The van der Waals surface area contributed by atoms with E-state index in [1.54, 1.807) is 16.7 Å². The highest BCUT2D eigenvalue weighted by Crippen LogP contribution is 2.37. The molecule has 3 rings (SSSR count). The van der Waals surface area contributed by atoms with Crippen LogP contribution in [0.5, 0.6) is 0 Å². The third kappa shape index (κ3) is 2.49. The van der Waals surface area contributed by atoms with E-state index in [-0.39, 0.29) is 12.5 Å². The smallest absolute Gasteiger partial charge is 0.164 e. The summed E-state index contributed by atoms with van der Waals surface area (Å²) in [6.07, 6.45) is -4.06. The van der Waals surface area contributed by atoms with Gasteiger partial charge in [0.1, 0.15) is 29.7 Å². The van der Waals surface area contributed by atoms with E-state index < -0.39 is 24.5 Å². The van der Waals surface area contributed by atoms with E-state index in [2.05, 4.69) is 4.98 Å². The Balaban J connectivity index is 2.20. The lowest BCUT2D eigenvalue weighted by molar-refractivity contribution is -0.0522. The van der Waals surface area contributed by atoms with Gasteiger partial charge in [0.15, 0.2) is 6.23 Å². The molecule has 0 saturated carbocycles. The first kappa shape index (κ1) is 16.5. The number of aliphatic hydroxyl groups is 3. The van der Waals surface area contributed by atoms with Crippen molar-refractivity contribution >= 4 is 28.3 Å². The molecule has 0 radical (unpaired) electrons. The number of hydrogen-bond donors (Lipinski definition) is 4. The van der Waals surface area contributed by atoms with E-state index in [0.717, 1.165) is 0 Å². The highest BCUT2D eigenvalue weighted by molar-refractivity contribution is 6.34. The maximum absolute atomic E-state index is 10.3. The molecule has 1 aromatic carbocycles. The van der Waals surface area contributed by atoms with Crippen LogP contribution in [0.1, 0.15) is 31.8 Å². The Bertz CT molecular complexity index is 733. The first-order valence-electron chi connectivity index (χ1n) is 7.45. The molecule has 2 heterocycles. The third-order valence-corrected chi connectivity index (χ3v) is 4.49. The SMILES string of the molecule is CC(C)c1nc2c(N)c(Cl)ccc2n1[C@H]1O[C@@H](CO)[C@H](O)[C@@H]1O. The Labute approximate surface area is 138 Å². The number of aromatic nitrogens is 2. The molecule has 0 bridgehead atoms. The molecule has 1 saturated heterocycles. The van der Waals surface area contributed by atoms with Crippen molar-refractivity contribution in [1.29, 1.82) is 0 Å². The van der Waals surface area contributed by atoms with Crippen molar-refractivity contribution in [1.82, 2.24) is 9.55 Å². The molecule has 0 spiro atoms. The molecule has 126 valence electrons. The zero-order valence-electron chi connectivity index (χ0n) is 12.8. The number of nitrogens with two attached hydrogens (primary N) is 1. The van der Waals surface area contributed by atoms with Gasteiger partial charge in [-0.3, -0.25) is 4.57 Å². The molecule has 5 N–H and O–H groups in total. The molecular formula is C15H20ClN3O4. The minimum atomic E-state index is -1.18. The van der Waals surface area contributed by atoms with Gasteiger partial charge in [-0.05, 0) is 12.1 Å². The number of hydrogen-bond acceptors (Lipinski definition) is 6. The summed E-state index contributed by atoms with van der Waals surface area (Å²) in [5.41, 5.74) is 7.56. The number of benzene rings is 1. The molecule has 0 amide bonds. The number of nitrogens with zero attached hydrogens (tertiary/aromatic N) is 2. The van der Waals surface area contributed by atoms with Crippen LogP contribution in [0.3, 0.4) is 0 Å². The topological polar surface area (TPSA) is 114 Å². The quantitative estimate of drug-likeness (QED) is 0.619. The van der Waals surface area contributed by atoms with Crippen molar-refractivity contribution < 1.29 is 20.1 Å². The number of ether oxygens (including phenoxy) is 1. The predicted octanol–water partition coefficient (Wildman–Crippen LogP) is 1.01. The molecule has 23 heavy (non-hydrogen) atoms. The first-order chi connectivity index (χ1) is 10.9. The van der Waals surface area contributed by atoms with Crippen LogP contribution >= 0.6 is 11.6 Å². The molecule has 0 aliphatic carbocycles. The number of nitrogen functional groups attached to an aromatic ring is 1. The van der Waals surface area contributed by atoms with Crippen LogP contribution in [0.4, 0.5) is 5.69 Å². The van der Waals surface area contributed by atoms with Crippen molar-refractivity contribution in [3.8, 4) is 0 Å². The molecule has 1 fully saturated rings. The lowest BCUT2D eigenvalue weighted by Crippen LogP contribution is -2.33. The fourth-order valence-electron chi connectivity index (χ4n) is 2.94. The molecule has 4 atom stereocenters. The van der Waals surface area contributed by atoms with Crippen LogP contribution in [-0.2, 0) is 4.74 Å². The van der Waals surface area contributed by atoms with Gasteiger partial charge < -0.3 is 25.8 Å². The first-order valence-corrected chi connectivity index (χ1v) is 7.82. The Hall–Kier alpha value is -1.38. The van der Waals surface area contributed by atoms with Crippen molar-refractivity contribution in [3.05, 3.63) is 23.0 Å². The summed E-state index contributed by atoms with van der Waals surface area (Å²) in [5.74, 6) is 0.686. The van der Waals surface area contributed by atoms with E-state index in [9.17, 15) is 15.3 Å². The number of rotatable bonds is 3. The minimum absolute atomic E-state index is 0.0293. The number of imidazole rings is 1. The Morgan fingerprint density at radius 3 is 2.61 bits per heavy atom. The summed E-state index contributed by atoms with van der Waals surface area (Å²) < 4.78 is 7.37. The standard InChI is InChI=1S/C15H20ClN3O4/c1-6(2)14-18-11-8(4-3-7(16)10(11)17)19(14)15-13(22)12(21)9(5-20)23-15/h3-4,6,9,12-13,15,20-22H,5,17H2,1-2H3/t9-,12-,13-,15-/m0/s1. The molecular weight excluding hydrogens is 322 g/mol. The van der Waals surface area contributed by atoms with Gasteiger partial charge >= 0.3 is 0 Å². The molecule has 0 unspecified atom stereocenters. The summed E-state index contributed by atoms with van der Waals surface area (Å²) in [4.78, 5) is 4.55. The summed E-state index contributed by atoms with van der Waals surface area (Å²) in [6, 6.07) is 3.41. The summed E-state index contributed by atoms with van der Waals surface area (Å²) in [6.45, 7) is 3.53. The van der Waals surface area contributed by atoms with E-state index in [1.807, 2.05) is 13.8 Å². The monoisotopic (exact) mass is 341 g/mol. The minimum Gasteiger partial charge on any atom is -0.396 e. The van der Waals surface area contributed by atoms with Gasteiger partial charge in [0.2, 0.25) is 0 Å². The van der Waals surface area contributed by atoms with E-state index in [0.29, 0.717) is 27.6 Å². The highest BCUT2D eigenvalue weighted by atomic mass is 35.5. The normalized spacial score (nSPS) is 28.1. The van der Waals surface area contributed by atoms with Gasteiger partial charge in [-0.15, -0.1) is 0 Å². The van der Waals surface area contributed by atoms with Crippen molar-refractivity contribution in [3.63, 3.8) is 0 Å². The Morgan fingerprint density at radius 2 is 2.04 bits per heavy atom. The Kier molecular flexibility index (Phi) is 4.24. The van der Waals surface area contributed by atoms with Crippen LogP contribution < -0.4 is 5.73 Å².